The van der Waals surface area contributed by atoms with E-state index >= 15 is 0 Å². The predicted molar refractivity (Wildman–Crippen MR) is 99.2 cm³/mol. The number of allylic oxidation sites excluding steroid dienone is 1. The van der Waals surface area contributed by atoms with E-state index in [4.69, 9.17) is 10.5 Å². The fourth-order valence-electron chi connectivity index (χ4n) is 1.51. The van der Waals surface area contributed by atoms with Gasteiger partial charge in [0.25, 0.3) is 0 Å². The van der Waals surface area contributed by atoms with E-state index < -0.39 is 10.0 Å². The lowest BCUT2D eigenvalue weighted by atomic mass is 10.2. The molecule has 0 amide bonds. The van der Waals surface area contributed by atoms with Crippen molar-refractivity contribution < 1.29 is 13.2 Å². The molecule has 0 spiro atoms. The van der Waals surface area contributed by atoms with Crippen LogP contribution in [0.1, 0.15) is 13.3 Å². The topological polar surface area (TPSA) is 105 Å². The lowest BCUT2D eigenvalue weighted by Gasteiger charge is -2.11. The van der Waals surface area contributed by atoms with Crippen LogP contribution in [0.2, 0.25) is 0 Å². The molecule has 1 unspecified atom stereocenters. The Hall–Kier alpha value is -0.0400. The summed E-state index contributed by atoms with van der Waals surface area (Å²) in [6, 6.07) is 0.00774. The number of ether oxygens (including phenoxy) is 1. The van der Waals surface area contributed by atoms with E-state index in [0.717, 1.165) is 18.5 Å². The molecule has 0 radical (unpaired) electrons. The van der Waals surface area contributed by atoms with E-state index in [-0.39, 0.29) is 15.6 Å². The van der Waals surface area contributed by atoms with E-state index in [1.165, 1.54) is 0 Å². The van der Waals surface area contributed by atoms with Crippen molar-refractivity contribution in [3.8, 4) is 0 Å². The van der Waals surface area contributed by atoms with E-state index in [0.29, 0.717) is 13.2 Å². The SMILES string of the molecule is C/C=C(\C=C(/I)S(=O)(=O)NCNC)CNCCC(N)COC. The number of hydrogen-bond donors (Lipinski definition) is 4. The zero-order valence-corrected chi connectivity index (χ0v) is 16.3. The third-order valence-electron chi connectivity index (χ3n) is 2.77. The molecule has 0 saturated heterocycles. The predicted octanol–water partition coefficient (Wildman–Crippen LogP) is 0.259. The van der Waals surface area contributed by atoms with Crippen LogP contribution in [-0.4, -0.2) is 55.0 Å². The maximum Gasteiger partial charge on any atom is 0.247 e. The molecule has 0 heterocycles. The van der Waals surface area contributed by atoms with Crippen LogP contribution in [0, 0.1) is 0 Å². The zero-order chi connectivity index (χ0) is 17.0. The van der Waals surface area contributed by atoms with Crippen LogP contribution < -0.4 is 21.1 Å². The highest BCUT2D eigenvalue weighted by Gasteiger charge is 2.14. The van der Waals surface area contributed by atoms with Gasteiger partial charge in [0.05, 0.1) is 13.3 Å². The number of hydrogen-bond acceptors (Lipinski definition) is 6. The normalized spacial score (nSPS) is 15.1. The number of methoxy groups -OCH3 is 1. The molecule has 130 valence electrons. The molecular weight excluding hydrogens is 419 g/mol. The van der Waals surface area contributed by atoms with Gasteiger partial charge >= 0.3 is 0 Å². The summed E-state index contributed by atoms with van der Waals surface area (Å²) >= 11 is 1.82. The van der Waals surface area contributed by atoms with Gasteiger partial charge < -0.3 is 21.1 Å². The third-order valence-corrected chi connectivity index (χ3v) is 5.97. The largest absolute Gasteiger partial charge is 0.383 e. The first kappa shape index (κ1) is 22.0. The van der Waals surface area contributed by atoms with E-state index in [2.05, 4.69) is 15.4 Å². The Bertz CT molecular complexity index is 466. The minimum atomic E-state index is -3.45. The average Bonchev–Trinajstić information content (AvgIpc) is 2.48. The molecule has 7 nitrogen and oxygen atoms in total. The van der Waals surface area contributed by atoms with Gasteiger partial charge in [-0.3, -0.25) is 0 Å². The maximum atomic E-state index is 11.9. The molecular formula is C13H27IN4O3S. The van der Waals surface area contributed by atoms with E-state index in [1.807, 2.05) is 35.6 Å². The summed E-state index contributed by atoms with van der Waals surface area (Å²) in [6.07, 6.45) is 4.34. The summed E-state index contributed by atoms with van der Waals surface area (Å²) in [7, 11) is -0.148. The fourth-order valence-corrected chi connectivity index (χ4v) is 3.16. The summed E-state index contributed by atoms with van der Waals surface area (Å²) in [4.78, 5) is 0. The Balaban J connectivity index is 4.39. The van der Waals surface area contributed by atoms with Gasteiger partial charge in [-0.05, 0) is 61.2 Å². The molecule has 0 bridgehead atoms. The number of nitrogens with two attached hydrogens (primary N) is 1. The summed E-state index contributed by atoms with van der Waals surface area (Å²) in [5, 5.41) is 5.99. The molecule has 1 atom stereocenters. The number of halogens is 1. The van der Waals surface area contributed by atoms with E-state index in [1.54, 1.807) is 20.2 Å². The molecule has 0 aromatic rings. The fraction of sp³-hybridized carbons (Fsp3) is 0.692. The van der Waals surface area contributed by atoms with Gasteiger partial charge in [-0.15, -0.1) is 0 Å². The van der Waals surface area contributed by atoms with Gasteiger partial charge in [0.15, 0.2) is 0 Å². The number of rotatable bonds is 12. The minimum Gasteiger partial charge on any atom is -0.383 e. The molecule has 9 heteroatoms. The lowest BCUT2D eigenvalue weighted by molar-refractivity contribution is 0.177. The van der Waals surface area contributed by atoms with Gasteiger partial charge in [0, 0.05) is 19.7 Å². The smallest absolute Gasteiger partial charge is 0.247 e. The Morgan fingerprint density at radius 3 is 2.68 bits per heavy atom. The zero-order valence-electron chi connectivity index (χ0n) is 13.4. The molecule has 0 aliphatic carbocycles. The first-order chi connectivity index (χ1) is 10.4. The Morgan fingerprint density at radius 1 is 1.45 bits per heavy atom. The van der Waals surface area contributed by atoms with Crippen LogP contribution in [0.4, 0.5) is 0 Å². The van der Waals surface area contributed by atoms with Crippen LogP contribution in [-0.2, 0) is 14.8 Å². The van der Waals surface area contributed by atoms with Crippen LogP contribution in [0.15, 0.2) is 20.6 Å². The van der Waals surface area contributed by atoms with Crippen LogP contribution in [0.3, 0.4) is 0 Å². The molecule has 0 aromatic heterocycles. The van der Waals surface area contributed by atoms with Crippen LogP contribution in [0.5, 0.6) is 0 Å². The number of nitrogens with one attached hydrogen (secondary N) is 3. The molecule has 22 heavy (non-hydrogen) atoms. The molecule has 0 fully saturated rings. The Labute approximate surface area is 147 Å². The van der Waals surface area contributed by atoms with Crippen LogP contribution in [0.25, 0.3) is 0 Å². The minimum absolute atomic E-state index is 0.00774. The van der Waals surface area contributed by atoms with Crippen molar-refractivity contribution in [3.63, 3.8) is 0 Å². The average molecular weight is 446 g/mol. The van der Waals surface area contributed by atoms with Gasteiger partial charge in [0.2, 0.25) is 10.0 Å². The monoisotopic (exact) mass is 446 g/mol. The van der Waals surface area contributed by atoms with Crippen molar-refractivity contribution >= 4 is 32.6 Å². The van der Waals surface area contributed by atoms with Gasteiger partial charge in [-0.2, -0.15) is 4.72 Å². The lowest BCUT2D eigenvalue weighted by Crippen LogP contribution is -2.32. The summed E-state index contributed by atoms with van der Waals surface area (Å²) < 4.78 is 31.5. The second-order valence-electron chi connectivity index (χ2n) is 4.67. The number of sulfonamides is 1. The quantitative estimate of drug-likeness (QED) is 0.148. The highest BCUT2D eigenvalue weighted by molar-refractivity contribution is 14.1. The van der Waals surface area contributed by atoms with Crippen molar-refractivity contribution in [2.45, 2.75) is 19.4 Å². The third kappa shape index (κ3) is 9.87. The highest BCUT2D eigenvalue weighted by atomic mass is 127. The van der Waals surface area contributed by atoms with Crippen LogP contribution >= 0.6 is 22.6 Å². The molecule has 0 rings (SSSR count). The second kappa shape index (κ2) is 12.4. The van der Waals surface area contributed by atoms with Gasteiger partial charge in [0.1, 0.15) is 2.91 Å². The maximum absolute atomic E-state index is 11.9. The van der Waals surface area contributed by atoms with E-state index in [9.17, 15) is 8.42 Å². The first-order valence-electron chi connectivity index (χ1n) is 6.99. The van der Waals surface area contributed by atoms with Crippen molar-refractivity contribution in [1.29, 1.82) is 0 Å². The van der Waals surface area contributed by atoms with Crippen molar-refractivity contribution in [3.05, 3.63) is 20.6 Å². The first-order valence-corrected chi connectivity index (χ1v) is 9.55. The Morgan fingerprint density at radius 2 is 2.14 bits per heavy atom. The second-order valence-corrected chi connectivity index (χ2v) is 8.30. The molecule has 0 aliphatic heterocycles. The highest BCUT2D eigenvalue weighted by Crippen LogP contribution is 2.16. The summed E-state index contributed by atoms with van der Waals surface area (Å²) in [6.45, 7) is 3.94. The van der Waals surface area contributed by atoms with Crippen molar-refractivity contribution in [2.24, 2.45) is 5.73 Å². The standard InChI is InChI=1S/C13H27IN4O3S/c1-4-11(8-17-6-5-12(15)9-21-3)7-13(14)22(19,20)18-10-16-2/h4,7,12,16-18H,5-6,8-10,15H2,1-3H3/b11-4+,13-7+. The van der Waals surface area contributed by atoms with Gasteiger partial charge in [-0.1, -0.05) is 6.08 Å². The van der Waals surface area contributed by atoms with Crippen molar-refractivity contribution in [1.82, 2.24) is 15.4 Å². The summed E-state index contributed by atoms with van der Waals surface area (Å²) in [5.41, 5.74) is 6.73. The van der Waals surface area contributed by atoms with Crippen molar-refractivity contribution in [2.75, 3.05) is 40.5 Å². The molecule has 0 aromatic carbocycles. The molecule has 5 N–H and O–H groups in total. The molecule has 0 saturated carbocycles. The summed E-state index contributed by atoms with van der Waals surface area (Å²) in [5.74, 6) is 0. The molecule has 0 aliphatic rings. The van der Waals surface area contributed by atoms with Gasteiger partial charge in [-0.25, -0.2) is 8.42 Å². The Kier molecular flexibility index (Phi) is 12.4.